The van der Waals surface area contributed by atoms with Gasteiger partial charge in [0, 0.05) is 23.9 Å². The Bertz CT molecular complexity index is 644. The van der Waals surface area contributed by atoms with E-state index in [0.717, 1.165) is 48.2 Å². The normalized spacial score (nSPS) is 18.2. The quantitative estimate of drug-likeness (QED) is 0.917. The number of nitrogens with one attached hydrogen (secondary N) is 1. The summed E-state index contributed by atoms with van der Waals surface area (Å²) < 4.78 is 8.19. The van der Waals surface area contributed by atoms with E-state index in [-0.39, 0.29) is 5.91 Å². The summed E-state index contributed by atoms with van der Waals surface area (Å²) in [5.74, 6) is 1.86. The van der Waals surface area contributed by atoms with Crippen molar-refractivity contribution in [2.75, 3.05) is 5.32 Å². The fraction of sp³-hybridized carbons (Fsp3) is 0.583. The van der Waals surface area contributed by atoms with Crippen LogP contribution < -0.4 is 5.32 Å². The molecule has 0 unspecified atom stereocenters. The monoisotopic (exact) mass is 307 g/mol. The molecule has 6 nitrogen and oxygen atoms in total. The molecule has 0 atom stereocenters. The Morgan fingerprint density at radius 3 is 2.85 bits per heavy atom. The topological polar surface area (TPSA) is 80.7 Å². The van der Waals surface area contributed by atoms with Gasteiger partial charge >= 0.3 is 0 Å². The molecule has 0 spiro atoms. The minimum atomic E-state index is -0.156. The van der Waals surface area contributed by atoms with E-state index in [9.17, 15) is 4.79 Å². The summed E-state index contributed by atoms with van der Waals surface area (Å²) in [6.07, 6.45) is 5.70. The zero-order valence-electron chi connectivity index (χ0n) is 10.7. The van der Waals surface area contributed by atoms with Gasteiger partial charge in [-0.05, 0) is 43.1 Å². The number of nitrogens with zero attached hydrogens (tertiary/aromatic N) is 4. The largest absolute Gasteiger partial charge is 0.296 e. The number of hydrogen-bond acceptors (Lipinski definition) is 7. The lowest BCUT2D eigenvalue weighted by atomic mass is 10.2. The van der Waals surface area contributed by atoms with Crippen molar-refractivity contribution >= 4 is 34.1 Å². The van der Waals surface area contributed by atoms with E-state index in [1.54, 1.807) is 0 Å². The lowest BCUT2D eigenvalue weighted by Gasteiger charge is -1.99. The molecule has 2 aromatic heterocycles. The number of carbonyl (C=O) groups excluding carboxylic acids is 1. The SMILES string of the molecule is O=C(Nc1nc(CC2CC2)ns1)c1snnc1C1CC1. The van der Waals surface area contributed by atoms with Crippen LogP contribution in [0.3, 0.4) is 0 Å². The Labute approximate surface area is 124 Å². The number of hydrogen-bond donors (Lipinski definition) is 1. The van der Waals surface area contributed by atoms with E-state index in [2.05, 4.69) is 24.3 Å². The van der Waals surface area contributed by atoms with Crippen molar-refractivity contribution < 1.29 is 4.79 Å². The molecule has 104 valence electrons. The van der Waals surface area contributed by atoms with Gasteiger partial charge in [-0.15, -0.1) is 5.10 Å². The van der Waals surface area contributed by atoms with E-state index in [1.807, 2.05) is 0 Å². The van der Waals surface area contributed by atoms with E-state index in [1.165, 1.54) is 24.4 Å². The van der Waals surface area contributed by atoms with Gasteiger partial charge in [-0.2, -0.15) is 4.37 Å². The Kier molecular flexibility index (Phi) is 2.99. The first-order valence-corrected chi connectivity index (χ1v) is 8.30. The lowest BCUT2D eigenvalue weighted by Crippen LogP contribution is -2.12. The van der Waals surface area contributed by atoms with Crippen molar-refractivity contribution in [1.29, 1.82) is 0 Å². The molecule has 20 heavy (non-hydrogen) atoms. The summed E-state index contributed by atoms with van der Waals surface area (Å²) in [6.45, 7) is 0. The lowest BCUT2D eigenvalue weighted by molar-refractivity contribution is 0.102. The van der Waals surface area contributed by atoms with Crippen molar-refractivity contribution in [2.24, 2.45) is 5.92 Å². The highest BCUT2D eigenvalue weighted by atomic mass is 32.1. The Hall–Kier alpha value is -1.41. The van der Waals surface area contributed by atoms with Gasteiger partial charge in [0.2, 0.25) is 5.13 Å². The van der Waals surface area contributed by atoms with Crippen molar-refractivity contribution in [1.82, 2.24) is 18.9 Å². The van der Waals surface area contributed by atoms with Gasteiger partial charge in [0.05, 0.1) is 5.69 Å². The number of anilines is 1. The van der Waals surface area contributed by atoms with Gasteiger partial charge in [0.1, 0.15) is 10.7 Å². The molecule has 0 bridgehead atoms. The minimum Gasteiger partial charge on any atom is -0.296 e. The van der Waals surface area contributed by atoms with Crippen molar-refractivity contribution in [3.05, 3.63) is 16.4 Å². The molecular weight excluding hydrogens is 294 g/mol. The van der Waals surface area contributed by atoms with E-state index in [4.69, 9.17) is 0 Å². The van der Waals surface area contributed by atoms with E-state index < -0.39 is 0 Å². The fourth-order valence-electron chi connectivity index (χ4n) is 2.10. The molecule has 2 fully saturated rings. The standard InChI is InChI=1S/C12H13N5OS2/c18-11(10-9(7-3-4-7)15-17-19-10)14-12-13-8(16-20-12)5-6-1-2-6/h6-7H,1-5H2,(H,13,14,16,18). The second kappa shape index (κ2) is 4.85. The summed E-state index contributed by atoms with van der Waals surface area (Å²) in [7, 11) is 0. The maximum absolute atomic E-state index is 12.2. The van der Waals surface area contributed by atoms with Crippen LogP contribution in [0.5, 0.6) is 0 Å². The van der Waals surface area contributed by atoms with Gasteiger partial charge in [-0.1, -0.05) is 4.49 Å². The fourth-order valence-corrected chi connectivity index (χ4v) is 3.34. The molecule has 2 aliphatic rings. The average molecular weight is 307 g/mol. The highest BCUT2D eigenvalue weighted by molar-refractivity contribution is 7.10. The second-order valence-electron chi connectivity index (χ2n) is 5.38. The maximum atomic E-state index is 12.2. The average Bonchev–Trinajstić information content (AvgIpc) is 3.34. The maximum Gasteiger partial charge on any atom is 0.271 e. The van der Waals surface area contributed by atoms with Gasteiger partial charge in [-0.3, -0.25) is 10.1 Å². The predicted octanol–water partition coefficient (Wildman–Crippen LogP) is 2.47. The van der Waals surface area contributed by atoms with Crippen LogP contribution in [0.1, 0.15) is 52.8 Å². The summed E-state index contributed by atoms with van der Waals surface area (Å²) in [6, 6.07) is 0. The molecule has 0 aromatic carbocycles. The Morgan fingerprint density at radius 1 is 1.25 bits per heavy atom. The number of amides is 1. The highest BCUT2D eigenvalue weighted by Gasteiger charge is 2.32. The van der Waals surface area contributed by atoms with E-state index >= 15 is 0 Å². The number of carbonyl (C=O) groups is 1. The van der Waals surface area contributed by atoms with Crippen molar-refractivity contribution in [2.45, 2.75) is 38.0 Å². The van der Waals surface area contributed by atoms with Crippen LogP contribution in [-0.4, -0.2) is 24.9 Å². The van der Waals surface area contributed by atoms with Gasteiger partial charge in [0.15, 0.2) is 0 Å². The molecule has 2 aliphatic carbocycles. The zero-order valence-corrected chi connectivity index (χ0v) is 12.3. The van der Waals surface area contributed by atoms with Crippen LogP contribution in [0.2, 0.25) is 0 Å². The Morgan fingerprint density at radius 2 is 2.10 bits per heavy atom. The summed E-state index contributed by atoms with van der Waals surface area (Å²) >= 11 is 2.40. The third-order valence-corrected chi connectivity index (χ3v) is 4.95. The van der Waals surface area contributed by atoms with Crippen LogP contribution in [0, 0.1) is 5.92 Å². The number of rotatable bonds is 5. The predicted molar refractivity (Wildman–Crippen MR) is 76.2 cm³/mol. The Balaban J connectivity index is 1.45. The minimum absolute atomic E-state index is 0.156. The molecule has 1 amide bonds. The van der Waals surface area contributed by atoms with Crippen molar-refractivity contribution in [3.8, 4) is 0 Å². The summed E-state index contributed by atoms with van der Waals surface area (Å²) in [5.41, 5.74) is 0.843. The molecular formula is C12H13N5OS2. The van der Waals surface area contributed by atoms with Gasteiger partial charge in [-0.25, -0.2) is 4.98 Å². The molecule has 2 heterocycles. The third kappa shape index (κ3) is 2.57. The second-order valence-corrected chi connectivity index (χ2v) is 6.88. The van der Waals surface area contributed by atoms with Crippen LogP contribution in [-0.2, 0) is 6.42 Å². The molecule has 2 aromatic rings. The molecule has 0 radical (unpaired) electrons. The van der Waals surface area contributed by atoms with E-state index in [0.29, 0.717) is 15.9 Å². The zero-order chi connectivity index (χ0) is 13.5. The molecule has 0 aliphatic heterocycles. The molecule has 0 saturated heterocycles. The van der Waals surface area contributed by atoms with Crippen LogP contribution in [0.4, 0.5) is 5.13 Å². The smallest absolute Gasteiger partial charge is 0.271 e. The first kappa shape index (κ1) is 12.3. The van der Waals surface area contributed by atoms with Gasteiger partial charge in [0.25, 0.3) is 5.91 Å². The molecule has 2 saturated carbocycles. The first-order chi connectivity index (χ1) is 9.79. The third-order valence-electron chi connectivity index (χ3n) is 3.54. The van der Waals surface area contributed by atoms with Gasteiger partial charge < -0.3 is 0 Å². The van der Waals surface area contributed by atoms with Crippen molar-refractivity contribution in [3.63, 3.8) is 0 Å². The molecule has 4 rings (SSSR count). The summed E-state index contributed by atoms with van der Waals surface area (Å²) in [4.78, 5) is 17.2. The molecule has 1 N–H and O–H groups in total. The summed E-state index contributed by atoms with van der Waals surface area (Å²) in [5, 5.41) is 7.46. The number of aromatic nitrogens is 4. The highest BCUT2D eigenvalue weighted by Crippen LogP contribution is 2.41. The van der Waals surface area contributed by atoms with Crippen LogP contribution >= 0.6 is 23.1 Å². The van der Waals surface area contributed by atoms with Crippen LogP contribution in [0.25, 0.3) is 0 Å². The molecule has 8 heteroatoms. The van der Waals surface area contributed by atoms with Crippen LogP contribution in [0.15, 0.2) is 0 Å². The first-order valence-electron chi connectivity index (χ1n) is 6.76.